The maximum absolute atomic E-state index is 13.2. The fraction of sp³-hybridized carbons (Fsp3) is 0.375. The summed E-state index contributed by atoms with van der Waals surface area (Å²) in [6.45, 7) is 6.17. The maximum Gasteiger partial charge on any atom is 0.261 e. The number of halogens is 1. The molecule has 2 aliphatic rings. The van der Waals surface area contributed by atoms with Crippen LogP contribution in [0.15, 0.2) is 65.9 Å². The fourth-order valence-electron chi connectivity index (χ4n) is 4.10. The predicted molar refractivity (Wildman–Crippen MR) is 129 cm³/mol. The minimum atomic E-state index is -3.85. The molecular formula is C24H28ClN3O4S. The van der Waals surface area contributed by atoms with E-state index in [1.165, 1.54) is 0 Å². The second-order valence-electron chi connectivity index (χ2n) is 8.38. The number of aliphatic hydroxyl groups excluding tert-OH is 1. The molecule has 1 aliphatic carbocycles. The summed E-state index contributed by atoms with van der Waals surface area (Å²) in [5, 5.41) is 11.3. The summed E-state index contributed by atoms with van der Waals surface area (Å²) in [6.07, 6.45) is 7.52. The van der Waals surface area contributed by atoms with Gasteiger partial charge < -0.3 is 9.84 Å². The standard InChI is InChI=1S/C24H28ClN3O4S/c1-17-14-21(4-2-19(17)16-28-10-12-32-13-11-28)33(30,31)27-23-5-3-20(25)15-22(23)24(29)18-6-8-26-9-7-18/h2-9,14-15,17,19,24,27,29H,10-13,16H2,1H3. The Morgan fingerprint density at radius 2 is 1.97 bits per heavy atom. The smallest absolute Gasteiger partial charge is 0.261 e. The normalized spacial score (nSPS) is 22.6. The number of allylic oxidation sites excluding steroid dienone is 2. The van der Waals surface area contributed by atoms with E-state index in [9.17, 15) is 13.5 Å². The van der Waals surface area contributed by atoms with Gasteiger partial charge in [-0.1, -0.05) is 30.7 Å². The number of hydrogen-bond acceptors (Lipinski definition) is 6. The predicted octanol–water partition coefficient (Wildman–Crippen LogP) is 3.60. The van der Waals surface area contributed by atoms with Gasteiger partial charge in [-0.05, 0) is 53.8 Å². The largest absolute Gasteiger partial charge is 0.384 e. The zero-order valence-corrected chi connectivity index (χ0v) is 20.0. The van der Waals surface area contributed by atoms with Crippen LogP contribution in [0.5, 0.6) is 0 Å². The second kappa shape index (κ2) is 10.4. The zero-order chi connectivity index (χ0) is 23.4. The highest BCUT2D eigenvalue weighted by molar-refractivity contribution is 7.96. The summed E-state index contributed by atoms with van der Waals surface area (Å²) in [5.74, 6) is 0.304. The van der Waals surface area contributed by atoms with Crippen molar-refractivity contribution in [2.75, 3.05) is 37.6 Å². The first-order valence-electron chi connectivity index (χ1n) is 10.9. The molecule has 33 heavy (non-hydrogen) atoms. The lowest BCUT2D eigenvalue weighted by Crippen LogP contribution is -2.40. The zero-order valence-electron chi connectivity index (χ0n) is 18.4. The van der Waals surface area contributed by atoms with Crippen molar-refractivity contribution < 1.29 is 18.3 Å². The molecule has 2 heterocycles. The van der Waals surface area contributed by atoms with Crippen LogP contribution in [0.25, 0.3) is 0 Å². The van der Waals surface area contributed by atoms with Crippen LogP contribution in [-0.2, 0) is 14.8 Å². The van der Waals surface area contributed by atoms with Crippen molar-refractivity contribution in [3.63, 3.8) is 0 Å². The molecule has 1 fully saturated rings. The molecule has 2 aromatic rings. The highest BCUT2D eigenvalue weighted by Crippen LogP contribution is 2.33. The Bertz CT molecular complexity index is 1130. The van der Waals surface area contributed by atoms with Crippen LogP contribution in [0.1, 0.15) is 24.2 Å². The van der Waals surface area contributed by atoms with Crippen LogP contribution >= 0.6 is 11.6 Å². The Labute approximate surface area is 199 Å². The summed E-state index contributed by atoms with van der Waals surface area (Å²) < 4.78 is 34.5. The topological polar surface area (TPSA) is 91.8 Å². The molecule has 0 spiro atoms. The van der Waals surface area contributed by atoms with Gasteiger partial charge in [-0.2, -0.15) is 0 Å². The lowest BCUT2D eigenvalue weighted by molar-refractivity contribution is 0.0314. The molecule has 0 radical (unpaired) electrons. The first kappa shape index (κ1) is 23.9. The van der Waals surface area contributed by atoms with E-state index in [2.05, 4.69) is 14.6 Å². The van der Waals surface area contributed by atoms with Gasteiger partial charge in [0.15, 0.2) is 0 Å². The summed E-state index contributed by atoms with van der Waals surface area (Å²) in [4.78, 5) is 6.52. The number of ether oxygens (including phenoxy) is 1. The molecule has 3 atom stereocenters. The van der Waals surface area contributed by atoms with E-state index in [0.29, 0.717) is 16.1 Å². The monoisotopic (exact) mass is 489 g/mol. The van der Waals surface area contributed by atoms with Gasteiger partial charge in [-0.25, -0.2) is 8.42 Å². The van der Waals surface area contributed by atoms with Crippen molar-refractivity contribution in [3.8, 4) is 0 Å². The van der Waals surface area contributed by atoms with E-state index in [1.54, 1.807) is 54.9 Å². The highest BCUT2D eigenvalue weighted by atomic mass is 35.5. The first-order valence-corrected chi connectivity index (χ1v) is 12.8. The number of rotatable bonds is 7. The van der Waals surface area contributed by atoms with Gasteiger partial charge in [0.1, 0.15) is 6.10 Å². The third kappa shape index (κ3) is 5.83. The van der Waals surface area contributed by atoms with Crippen LogP contribution in [0, 0.1) is 11.8 Å². The molecule has 3 unspecified atom stereocenters. The van der Waals surface area contributed by atoms with E-state index in [1.807, 2.05) is 13.0 Å². The lowest BCUT2D eigenvalue weighted by Gasteiger charge is -2.32. The van der Waals surface area contributed by atoms with Crippen LogP contribution in [-0.4, -0.2) is 56.3 Å². The van der Waals surface area contributed by atoms with Gasteiger partial charge in [0.05, 0.1) is 23.8 Å². The van der Waals surface area contributed by atoms with Crippen molar-refractivity contribution in [3.05, 3.63) is 82.0 Å². The number of nitrogens with zero attached hydrogens (tertiary/aromatic N) is 2. The lowest BCUT2D eigenvalue weighted by atomic mass is 9.89. The molecule has 1 aliphatic heterocycles. The number of aromatic nitrogens is 1. The molecule has 2 N–H and O–H groups in total. The van der Waals surface area contributed by atoms with Crippen LogP contribution in [0.4, 0.5) is 5.69 Å². The van der Waals surface area contributed by atoms with E-state index in [-0.39, 0.29) is 22.4 Å². The number of sulfonamides is 1. The number of nitrogens with one attached hydrogen (secondary N) is 1. The van der Waals surface area contributed by atoms with Gasteiger partial charge in [0.2, 0.25) is 0 Å². The molecule has 0 amide bonds. The van der Waals surface area contributed by atoms with Crippen LogP contribution < -0.4 is 4.72 Å². The van der Waals surface area contributed by atoms with Crippen LogP contribution in [0.3, 0.4) is 0 Å². The summed E-state index contributed by atoms with van der Waals surface area (Å²) >= 11 is 6.15. The third-order valence-corrected chi connectivity index (χ3v) is 7.68. The first-order chi connectivity index (χ1) is 15.8. The molecular weight excluding hydrogens is 462 g/mol. The molecule has 176 valence electrons. The quantitative estimate of drug-likeness (QED) is 0.617. The average Bonchev–Trinajstić information content (AvgIpc) is 2.82. The molecule has 1 aromatic carbocycles. The highest BCUT2D eigenvalue weighted by Gasteiger charge is 2.27. The maximum atomic E-state index is 13.2. The van der Waals surface area contributed by atoms with E-state index in [0.717, 1.165) is 32.8 Å². The summed E-state index contributed by atoms with van der Waals surface area (Å²) in [7, 11) is -3.85. The number of benzene rings is 1. The molecule has 4 rings (SSSR count). The fourth-order valence-corrected chi connectivity index (χ4v) is 5.53. The Morgan fingerprint density at radius 1 is 1.24 bits per heavy atom. The summed E-state index contributed by atoms with van der Waals surface area (Å²) in [5.41, 5.74) is 1.24. The van der Waals surface area contributed by atoms with Gasteiger partial charge >= 0.3 is 0 Å². The van der Waals surface area contributed by atoms with Gasteiger partial charge in [-0.15, -0.1) is 0 Å². The van der Waals surface area contributed by atoms with E-state index >= 15 is 0 Å². The number of pyridine rings is 1. The van der Waals surface area contributed by atoms with Crippen molar-refractivity contribution >= 4 is 27.3 Å². The average molecular weight is 490 g/mol. The molecule has 1 saturated heterocycles. The number of anilines is 1. The third-order valence-electron chi connectivity index (χ3n) is 6.07. The van der Waals surface area contributed by atoms with E-state index in [4.69, 9.17) is 16.3 Å². The van der Waals surface area contributed by atoms with Crippen molar-refractivity contribution in [1.82, 2.24) is 9.88 Å². The summed E-state index contributed by atoms with van der Waals surface area (Å²) in [6, 6.07) is 8.07. The van der Waals surface area contributed by atoms with Gasteiger partial charge in [0, 0.05) is 42.6 Å². The van der Waals surface area contributed by atoms with Crippen molar-refractivity contribution in [2.24, 2.45) is 11.8 Å². The molecule has 1 aromatic heterocycles. The SMILES string of the molecule is CC1C=C(S(=O)(=O)Nc2ccc(Cl)cc2C(O)c2ccncc2)C=CC1CN1CCOCC1. The Balaban J connectivity index is 1.52. The second-order valence-corrected chi connectivity index (χ2v) is 10.5. The number of morpholine rings is 1. The van der Waals surface area contributed by atoms with Crippen molar-refractivity contribution in [1.29, 1.82) is 0 Å². The van der Waals surface area contributed by atoms with Crippen LogP contribution in [0.2, 0.25) is 5.02 Å². The van der Waals surface area contributed by atoms with E-state index < -0.39 is 16.1 Å². The minimum absolute atomic E-state index is 0.0662. The Hall–Kier alpha value is -2.23. The Kier molecular flexibility index (Phi) is 7.51. The number of aliphatic hydroxyl groups is 1. The Morgan fingerprint density at radius 3 is 2.67 bits per heavy atom. The molecule has 9 heteroatoms. The van der Waals surface area contributed by atoms with Crippen molar-refractivity contribution in [2.45, 2.75) is 13.0 Å². The minimum Gasteiger partial charge on any atom is -0.384 e. The van der Waals surface area contributed by atoms with Gasteiger partial charge in [0.25, 0.3) is 10.0 Å². The number of hydrogen-bond donors (Lipinski definition) is 2. The molecule has 0 saturated carbocycles. The molecule has 7 nitrogen and oxygen atoms in total. The molecule has 0 bridgehead atoms. The van der Waals surface area contributed by atoms with Gasteiger partial charge in [-0.3, -0.25) is 14.6 Å².